The lowest BCUT2D eigenvalue weighted by molar-refractivity contribution is -0.0118. The van der Waals surface area contributed by atoms with Gasteiger partial charge in [-0.2, -0.15) is 12.5 Å². The molecule has 1 saturated heterocycles. The van der Waals surface area contributed by atoms with Gasteiger partial charge in [0, 0.05) is 25.5 Å². The molecule has 1 aliphatic heterocycles. The van der Waals surface area contributed by atoms with Crippen LogP contribution in [-0.2, 0) is 15.9 Å². The van der Waals surface area contributed by atoms with E-state index in [0.29, 0.717) is 6.92 Å². The third kappa shape index (κ3) is 3.98. The average Bonchev–Trinajstić information content (AvgIpc) is 3.08. The van der Waals surface area contributed by atoms with E-state index in [4.69, 9.17) is 11.6 Å². The van der Waals surface area contributed by atoms with Gasteiger partial charge in [0.1, 0.15) is 0 Å². The van der Waals surface area contributed by atoms with Gasteiger partial charge >= 0.3 is 0 Å². The monoisotopic (exact) mass is 475 g/mol. The van der Waals surface area contributed by atoms with E-state index in [1.54, 1.807) is 0 Å². The van der Waals surface area contributed by atoms with Crippen molar-refractivity contribution in [2.45, 2.75) is 36.5 Å². The molecule has 31 heavy (non-hydrogen) atoms. The number of nitrogens with zero attached hydrogens (tertiary/aromatic N) is 3. The van der Waals surface area contributed by atoms with Crippen LogP contribution in [-0.4, -0.2) is 36.6 Å². The first-order valence-corrected chi connectivity index (χ1v) is 11.3. The summed E-state index contributed by atoms with van der Waals surface area (Å²) in [6.07, 6.45) is -0.0478. The second-order valence-electron chi connectivity index (χ2n) is 7.60. The highest BCUT2D eigenvalue weighted by Crippen LogP contribution is 2.38. The van der Waals surface area contributed by atoms with Crippen LogP contribution in [0.5, 0.6) is 0 Å². The molecule has 0 spiro atoms. The first kappa shape index (κ1) is 21.9. The van der Waals surface area contributed by atoms with Gasteiger partial charge in [-0.15, -0.1) is 5.10 Å². The van der Waals surface area contributed by atoms with Crippen LogP contribution >= 0.6 is 11.6 Å². The van der Waals surface area contributed by atoms with Gasteiger partial charge in [-0.1, -0.05) is 29.8 Å². The van der Waals surface area contributed by atoms with Crippen molar-refractivity contribution in [3.05, 3.63) is 53.1 Å². The van der Waals surface area contributed by atoms with Crippen molar-refractivity contribution in [2.75, 3.05) is 18.0 Å². The molecule has 5 nitrogen and oxygen atoms in total. The number of fused-ring (bicyclic) bond motifs is 1. The minimum atomic E-state index is -4.30. The molecule has 0 bridgehead atoms. The largest absolute Gasteiger partial charge is 0.349 e. The Hall–Kier alpha value is -2.33. The molecule has 0 saturated carbocycles. The zero-order valence-corrected chi connectivity index (χ0v) is 17.9. The van der Waals surface area contributed by atoms with Gasteiger partial charge in [0.25, 0.3) is 21.9 Å². The average molecular weight is 476 g/mol. The maximum Gasteiger partial charge on any atom is 0.283 e. The van der Waals surface area contributed by atoms with Crippen molar-refractivity contribution in [2.24, 2.45) is 0 Å². The summed E-state index contributed by atoms with van der Waals surface area (Å²) in [5, 5.41) is 4.56. The Morgan fingerprint density at radius 2 is 1.81 bits per heavy atom. The number of hydrogen-bond acceptors (Lipinski definition) is 4. The highest BCUT2D eigenvalue weighted by atomic mass is 35.5. The molecule has 0 aliphatic carbocycles. The molecule has 1 aliphatic rings. The number of halogens is 5. The summed E-state index contributed by atoms with van der Waals surface area (Å²) in [6, 6.07) is 8.69. The van der Waals surface area contributed by atoms with Crippen molar-refractivity contribution in [3.63, 3.8) is 0 Å². The zero-order valence-electron chi connectivity index (χ0n) is 16.3. The van der Waals surface area contributed by atoms with Crippen molar-refractivity contribution < 1.29 is 26.0 Å². The Labute approximate surface area is 181 Å². The van der Waals surface area contributed by atoms with E-state index in [1.165, 1.54) is 23.1 Å². The van der Waals surface area contributed by atoms with Crippen molar-refractivity contribution >= 4 is 38.3 Å². The van der Waals surface area contributed by atoms with Gasteiger partial charge in [0.15, 0.2) is 5.82 Å². The number of piperidine rings is 1. The number of alkyl halides is 4. The first-order chi connectivity index (χ1) is 14.4. The minimum Gasteiger partial charge on any atom is -0.349 e. The molecule has 2 aromatic carbocycles. The Balaban J connectivity index is 1.85. The molecule has 0 atom stereocenters. The second kappa shape index (κ2) is 7.37. The summed E-state index contributed by atoms with van der Waals surface area (Å²) in [4.78, 5) is 1.06. The van der Waals surface area contributed by atoms with Crippen LogP contribution < -0.4 is 4.90 Å². The third-order valence-corrected chi connectivity index (χ3v) is 7.10. The van der Waals surface area contributed by atoms with Gasteiger partial charge in [-0.05, 0) is 30.7 Å². The van der Waals surface area contributed by atoms with E-state index < -0.39 is 28.4 Å². The van der Waals surface area contributed by atoms with Gasteiger partial charge in [0.05, 0.1) is 27.4 Å². The fourth-order valence-electron chi connectivity index (χ4n) is 3.65. The van der Waals surface area contributed by atoms with Crippen LogP contribution in [0.4, 0.5) is 23.4 Å². The van der Waals surface area contributed by atoms with Crippen molar-refractivity contribution in [3.8, 4) is 0 Å². The van der Waals surface area contributed by atoms with E-state index in [9.17, 15) is 26.0 Å². The molecule has 1 aromatic heterocycles. The van der Waals surface area contributed by atoms with Gasteiger partial charge in [-0.25, -0.2) is 17.6 Å². The topological polar surface area (TPSA) is 55.2 Å². The van der Waals surface area contributed by atoms with Crippen LogP contribution in [0.15, 0.2) is 47.4 Å². The molecule has 1 fully saturated rings. The summed E-state index contributed by atoms with van der Waals surface area (Å²) >= 11 is 6.29. The minimum absolute atomic E-state index is 0.0419. The SMILES string of the molecule is CC(F)(F)c1ccc(S(=O)(=O)n2nc(N3CCCC(F)(F)C3)c3c(Cl)cccc32)cc1. The lowest BCUT2D eigenvalue weighted by Crippen LogP contribution is -2.43. The predicted molar refractivity (Wildman–Crippen MR) is 110 cm³/mol. The molecule has 2 heterocycles. The quantitative estimate of drug-likeness (QED) is 0.482. The summed E-state index contributed by atoms with van der Waals surface area (Å²) in [7, 11) is -4.30. The Morgan fingerprint density at radius 1 is 1.13 bits per heavy atom. The van der Waals surface area contributed by atoms with Gasteiger partial charge < -0.3 is 4.90 Å². The van der Waals surface area contributed by atoms with E-state index >= 15 is 0 Å². The summed E-state index contributed by atoms with van der Waals surface area (Å²) in [5.41, 5.74) is -0.225. The lowest BCUT2D eigenvalue weighted by atomic mass is 10.1. The molecule has 0 amide bonds. The fourth-order valence-corrected chi connectivity index (χ4v) is 5.18. The number of hydrogen-bond donors (Lipinski definition) is 0. The standard InChI is InChI=1S/C20H18ClF4N3O2S/c1-19(22,23)13-6-8-14(9-7-13)31(29,30)28-16-5-2-4-15(21)17(16)18(26-28)27-11-3-10-20(24,25)12-27/h2,4-9H,3,10-12H2,1H3. The number of anilines is 1. The predicted octanol–water partition coefficient (Wildman–Crippen LogP) is 5.27. The van der Waals surface area contributed by atoms with E-state index in [-0.39, 0.29) is 51.6 Å². The molecule has 4 rings (SSSR count). The maximum absolute atomic E-state index is 14.0. The van der Waals surface area contributed by atoms with E-state index in [1.807, 2.05) is 0 Å². The van der Waals surface area contributed by atoms with Crippen LogP contribution in [0, 0.1) is 0 Å². The maximum atomic E-state index is 14.0. The molecule has 0 N–H and O–H groups in total. The molecular formula is C20H18ClF4N3O2S. The van der Waals surface area contributed by atoms with Crippen LogP contribution in [0.2, 0.25) is 5.02 Å². The third-order valence-electron chi connectivity index (χ3n) is 5.19. The van der Waals surface area contributed by atoms with Gasteiger partial charge in [-0.3, -0.25) is 0 Å². The normalized spacial score (nSPS) is 17.3. The number of rotatable bonds is 4. The highest BCUT2D eigenvalue weighted by molar-refractivity contribution is 7.90. The molecule has 0 unspecified atom stereocenters. The molecular weight excluding hydrogens is 458 g/mol. The Kier molecular flexibility index (Phi) is 5.20. The van der Waals surface area contributed by atoms with E-state index in [2.05, 4.69) is 5.10 Å². The van der Waals surface area contributed by atoms with Crippen molar-refractivity contribution in [1.29, 1.82) is 0 Å². The highest BCUT2D eigenvalue weighted by Gasteiger charge is 2.38. The molecule has 11 heteroatoms. The van der Waals surface area contributed by atoms with E-state index in [0.717, 1.165) is 28.4 Å². The fraction of sp³-hybridized carbons (Fsp3) is 0.350. The second-order valence-corrected chi connectivity index (χ2v) is 9.77. The van der Waals surface area contributed by atoms with Crippen molar-refractivity contribution in [1.82, 2.24) is 9.19 Å². The number of aromatic nitrogens is 2. The summed E-state index contributed by atoms with van der Waals surface area (Å²) in [5.74, 6) is -6.02. The first-order valence-electron chi connectivity index (χ1n) is 9.44. The summed E-state index contributed by atoms with van der Waals surface area (Å²) in [6.45, 7) is 0.373. The van der Waals surface area contributed by atoms with Gasteiger partial charge in [0.2, 0.25) is 0 Å². The van der Waals surface area contributed by atoms with Crippen LogP contribution in [0.3, 0.4) is 0 Å². The summed E-state index contributed by atoms with van der Waals surface area (Å²) < 4.78 is 82.2. The smallest absolute Gasteiger partial charge is 0.283 e. The molecule has 0 radical (unpaired) electrons. The molecule has 3 aromatic rings. The lowest BCUT2D eigenvalue weighted by Gasteiger charge is -2.32. The Bertz CT molecular complexity index is 1240. The number of benzene rings is 2. The Morgan fingerprint density at radius 3 is 2.42 bits per heavy atom. The van der Waals surface area contributed by atoms with Crippen LogP contribution in [0.1, 0.15) is 25.3 Å². The zero-order chi connectivity index (χ0) is 22.6. The van der Waals surface area contributed by atoms with Crippen LogP contribution in [0.25, 0.3) is 10.9 Å². The molecule has 166 valence electrons.